The van der Waals surface area contributed by atoms with Gasteiger partial charge in [0.2, 0.25) is 5.91 Å². The lowest BCUT2D eigenvalue weighted by molar-refractivity contribution is -0.132. The molecule has 3 aromatic rings. The van der Waals surface area contributed by atoms with E-state index in [0.717, 1.165) is 5.69 Å². The van der Waals surface area contributed by atoms with Gasteiger partial charge in [-0.15, -0.1) is 0 Å². The van der Waals surface area contributed by atoms with Crippen LogP contribution in [0.1, 0.15) is 36.1 Å². The van der Waals surface area contributed by atoms with Crippen LogP contribution in [0, 0.1) is 0 Å². The number of hydrogen-bond donors (Lipinski definition) is 0. The highest BCUT2D eigenvalue weighted by Crippen LogP contribution is 2.18. The number of hydrogen-bond acceptors (Lipinski definition) is 5. The fourth-order valence-corrected chi connectivity index (χ4v) is 3.79. The van der Waals surface area contributed by atoms with Gasteiger partial charge in [-0.1, -0.05) is 24.3 Å². The van der Waals surface area contributed by atoms with Crippen molar-refractivity contribution in [3.63, 3.8) is 0 Å². The van der Waals surface area contributed by atoms with Crippen molar-refractivity contribution in [2.45, 2.75) is 26.3 Å². The van der Waals surface area contributed by atoms with Crippen LogP contribution in [0.2, 0.25) is 0 Å². The van der Waals surface area contributed by atoms with Crippen molar-refractivity contribution in [2.75, 3.05) is 26.2 Å². The monoisotopic (exact) mass is 419 g/mol. The Balaban J connectivity index is 1.51. The summed E-state index contributed by atoms with van der Waals surface area (Å²) < 4.78 is 1.36. The van der Waals surface area contributed by atoms with Gasteiger partial charge in [-0.3, -0.25) is 19.4 Å². The standard InChI is InChI=1S/C23H25N5O3/c1-16(2)28-22(30)19-9-4-3-8-18(19)21(25-28)23(31)27-13-11-26(12-14-27)20(29)15-17-7-5-6-10-24-17/h3-10,16H,11-15H2,1-2H3. The summed E-state index contributed by atoms with van der Waals surface area (Å²) in [5.74, 6) is -0.217. The third kappa shape index (κ3) is 4.19. The van der Waals surface area contributed by atoms with Gasteiger partial charge in [0.1, 0.15) is 0 Å². The van der Waals surface area contributed by atoms with Crippen LogP contribution >= 0.6 is 0 Å². The summed E-state index contributed by atoms with van der Waals surface area (Å²) in [4.78, 5) is 46.3. The van der Waals surface area contributed by atoms with Crippen LogP contribution in [-0.2, 0) is 11.2 Å². The molecule has 160 valence electrons. The lowest BCUT2D eigenvalue weighted by Gasteiger charge is -2.34. The van der Waals surface area contributed by atoms with Crippen molar-refractivity contribution in [3.8, 4) is 0 Å². The van der Waals surface area contributed by atoms with E-state index in [2.05, 4.69) is 10.1 Å². The van der Waals surface area contributed by atoms with Gasteiger partial charge in [0.05, 0.1) is 17.8 Å². The van der Waals surface area contributed by atoms with Crippen molar-refractivity contribution in [2.24, 2.45) is 0 Å². The summed E-state index contributed by atoms with van der Waals surface area (Å²) in [6.07, 6.45) is 1.92. The molecule has 1 aromatic carbocycles. The number of fused-ring (bicyclic) bond motifs is 1. The largest absolute Gasteiger partial charge is 0.339 e. The van der Waals surface area contributed by atoms with Gasteiger partial charge in [-0.2, -0.15) is 5.10 Å². The molecule has 0 saturated carbocycles. The van der Waals surface area contributed by atoms with Crippen LogP contribution in [0.4, 0.5) is 0 Å². The Hall–Kier alpha value is -3.55. The zero-order chi connectivity index (χ0) is 22.0. The van der Waals surface area contributed by atoms with E-state index in [-0.39, 0.29) is 35.5 Å². The zero-order valence-electron chi connectivity index (χ0n) is 17.7. The van der Waals surface area contributed by atoms with E-state index in [0.29, 0.717) is 37.0 Å². The van der Waals surface area contributed by atoms with E-state index in [1.54, 1.807) is 40.3 Å². The molecule has 8 heteroatoms. The van der Waals surface area contributed by atoms with Gasteiger partial charge in [0.15, 0.2) is 5.69 Å². The molecule has 0 radical (unpaired) electrons. The molecule has 1 fully saturated rings. The third-order valence-corrected chi connectivity index (χ3v) is 5.50. The van der Waals surface area contributed by atoms with Crippen molar-refractivity contribution < 1.29 is 9.59 Å². The van der Waals surface area contributed by atoms with E-state index in [4.69, 9.17) is 0 Å². The van der Waals surface area contributed by atoms with Crippen molar-refractivity contribution >= 4 is 22.6 Å². The number of piperazine rings is 1. The molecule has 0 N–H and O–H groups in total. The maximum Gasteiger partial charge on any atom is 0.275 e. The Morgan fingerprint density at radius 2 is 1.58 bits per heavy atom. The average Bonchev–Trinajstić information content (AvgIpc) is 2.79. The lowest BCUT2D eigenvalue weighted by atomic mass is 10.1. The van der Waals surface area contributed by atoms with Crippen molar-refractivity contribution in [3.05, 3.63) is 70.4 Å². The highest BCUT2D eigenvalue weighted by atomic mass is 16.2. The van der Waals surface area contributed by atoms with Crippen molar-refractivity contribution in [1.29, 1.82) is 0 Å². The number of benzene rings is 1. The maximum absolute atomic E-state index is 13.3. The van der Waals surface area contributed by atoms with Crippen molar-refractivity contribution in [1.82, 2.24) is 24.6 Å². The molecule has 0 bridgehead atoms. The van der Waals surface area contributed by atoms with E-state index in [1.165, 1.54) is 4.68 Å². The molecular formula is C23H25N5O3. The van der Waals surface area contributed by atoms with E-state index in [9.17, 15) is 14.4 Å². The number of carbonyl (C=O) groups is 2. The fourth-order valence-electron chi connectivity index (χ4n) is 3.79. The second kappa shape index (κ2) is 8.67. The minimum atomic E-state index is -0.220. The number of amides is 2. The first-order valence-electron chi connectivity index (χ1n) is 10.4. The quantitative estimate of drug-likeness (QED) is 0.645. The lowest BCUT2D eigenvalue weighted by Crippen LogP contribution is -2.51. The summed E-state index contributed by atoms with van der Waals surface area (Å²) >= 11 is 0. The van der Waals surface area contributed by atoms with Gasteiger partial charge >= 0.3 is 0 Å². The number of aromatic nitrogens is 3. The number of nitrogens with zero attached hydrogens (tertiary/aromatic N) is 5. The average molecular weight is 419 g/mol. The maximum atomic E-state index is 13.3. The highest BCUT2D eigenvalue weighted by Gasteiger charge is 2.28. The van der Waals surface area contributed by atoms with Crippen LogP contribution in [-0.4, -0.2) is 62.6 Å². The molecule has 0 spiro atoms. The topological polar surface area (TPSA) is 88.4 Å². The molecule has 4 rings (SSSR count). The first-order valence-corrected chi connectivity index (χ1v) is 10.4. The molecule has 31 heavy (non-hydrogen) atoms. The van der Waals surface area contributed by atoms with Gasteiger partial charge in [0, 0.05) is 43.5 Å². The summed E-state index contributed by atoms with van der Waals surface area (Å²) in [7, 11) is 0. The van der Waals surface area contributed by atoms with Gasteiger partial charge in [0.25, 0.3) is 11.5 Å². The smallest absolute Gasteiger partial charge is 0.275 e. The summed E-state index contributed by atoms with van der Waals surface area (Å²) in [6.45, 7) is 5.48. The molecule has 3 heterocycles. The van der Waals surface area contributed by atoms with Crippen LogP contribution in [0.3, 0.4) is 0 Å². The number of rotatable bonds is 4. The molecule has 0 aliphatic carbocycles. The van der Waals surface area contributed by atoms with E-state index < -0.39 is 0 Å². The van der Waals surface area contributed by atoms with Crippen LogP contribution < -0.4 is 5.56 Å². The molecule has 2 amide bonds. The van der Waals surface area contributed by atoms with Gasteiger partial charge in [-0.25, -0.2) is 4.68 Å². The molecule has 8 nitrogen and oxygen atoms in total. The Bertz CT molecular complexity index is 1160. The molecule has 0 atom stereocenters. The molecule has 1 aliphatic rings. The Morgan fingerprint density at radius 1 is 0.935 bits per heavy atom. The number of pyridine rings is 1. The SMILES string of the molecule is CC(C)n1nc(C(=O)N2CCN(C(=O)Cc3ccccn3)CC2)c2ccccc2c1=O. The first kappa shape index (κ1) is 20.7. The van der Waals surface area contributed by atoms with Crippen LogP contribution in [0.25, 0.3) is 10.8 Å². The molecule has 1 aliphatic heterocycles. The van der Waals surface area contributed by atoms with Gasteiger partial charge in [-0.05, 0) is 32.0 Å². The minimum absolute atomic E-state index is 0.00253. The summed E-state index contributed by atoms with van der Waals surface area (Å²) in [5, 5.41) is 5.45. The second-order valence-corrected chi connectivity index (χ2v) is 7.91. The molecule has 1 saturated heterocycles. The third-order valence-electron chi connectivity index (χ3n) is 5.50. The Kier molecular flexibility index (Phi) is 5.79. The summed E-state index contributed by atoms with van der Waals surface area (Å²) in [6, 6.07) is 12.4. The highest BCUT2D eigenvalue weighted by molar-refractivity contribution is 6.04. The molecular weight excluding hydrogens is 394 g/mol. The predicted octanol–water partition coefficient (Wildman–Crippen LogP) is 1.90. The minimum Gasteiger partial charge on any atom is -0.339 e. The first-order chi connectivity index (χ1) is 15.0. The summed E-state index contributed by atoms with van der Waals surface area (Å²) in [5.41, 5.74) is 0.807. The Labute approximate surface area is 180 Å². The molecule has 2 aromatic heterocycles. The van der Waals surface area contributed by atoms with Gasteiger partial charge < -0.3 is 9.80 Å². The normalized spacial score (nSPS) is 14.3. The van der Waals surface area contributed by atoms with E-state index in [1.807, 2.05) is 32.0 Å². The Morgan fingerprint density at radius 3 is 2.23 bits per heavy atom. The van der Waals surface area contributed by atoms with Crippen LogP contribution in [0.5, 0.6) is 0 Å². The second-order valence-electron chi connectivity index (χ2n) is 7.91. The predicted molar refractivity (Wildman–Crippen MR) is 117 cm³/mol. The fraction of sp³-hybridized carbons (Fsp3) is 0.348. The number of carbonyl (C=O) groups excluding carboxylic acids is 2. The van der Waals surface area contributed by atoms with E-state index >= 15 is 0 Å². The molecule has 0 unspecified atom stereocenters. The van der Waals surface area contributed by atoms with Crippen LogP contribution in [0.15, 0.2) is 53.5 Å². The zero-order valence-corrected chi connectivity index (χ0v) is 17.7.